The third kappa shape index (κ3) is 1.09. The summed E-state index contributed by atoms with van der Waals surface area (Å²) in [6.45, 7) is 0. The SMILES string of the molecule is O[C@@H]1c2cscc2CC[C@@H]1O. The number of fused-ring (bicyclic) bond motifs is 1. The maximum absolute atomic E-state index is 9.48. The molecular weight excluding hydrogens is 160 g/mol. The third-order valence-electron chi connectivity index (χ3n) is 2.17. The van der Waals surface area contributed by atoms with Crippen LogP contribution in [-0.2, 0) is 6.42 Å². The highest BCUT2D eigenvalue weighted by Gasteiger charge is 2.26. The lowest BCUT2D eigenvalue weighted by molar-refractivity contribution is 0.00689. The van der Waals surface area contributed by atoms with Gasteiger partial charge in [-0.15, -0.1) is 0 Å². The van der Waals surface area contributed by atoms with Gasteiger partial charge in [-0.25, -0.2) is 0 Å². The van der Waals surface area contributed by atoms with Gasteiger partial charge in [-0.2, -0.15) is 11.3 Å². The maximum atomic E-state index is 9.48. The number of hydrogen-bond donors (Lipinski definition) is 2. The smallest absolute Gasteiger partial charge is 0.106 e. The summed E-state index contributed by atoms with van der Waals surface area (Å²) >= 11 is 1.59. The molecule has 1 aromatic heterocycles. The first-order valence-corrected chi connectivity index (χ1v) is 4.64. The second-order valence-corrected chi connectivity index (χ2v) is 3.65. The van der Waals surface area contributed by atoms with Gasteiger partial charge in [-0.05, 0) is 34.7 Å². The van der Waals surface area contributed by atoms with Crippen LogP contribution >= 0.6 is 11.3 Å². The van der Waals surface area contributed by atoms with Gasteiger partial charge in [-0.3, -0.25) is 0 Å². The van der Waals surface area contributed by atoms with Crippen molar-refractivity contribution in [1.29, 1.82) is 0 Å². The molecule has 0 aliphatic heterocycles. The number of rotatable bonds is 0. The summed E-state index contributed by atoms with van der Waals surface area (Å²) in [6, 6.07) is 0. The van der Waals surface area contributed by atoms with Crippen LogP contribution in [0, 0.1) is 0 Å². The highest BCUT2D eigenvalue weighted by atomic mass is 32.1. The molecule has 2 rings (SSSR count). The largest absolute Gasteiger partial charge is 0.390 e. The summed E-state index contributed by atoms with van der Waals surface area (Å²) in [5.74, 6) is 0. The number of aliphatic hydroxyl groups is 2. The molecule has 0 bridgehead atoms. The number of aliphatic hydroxyl groups excluding tert-OH is 2. The van der Waals surface area contributed by atoms with Crippen molar-refractivity contribution < 1.29 is 10.2 Å². The molecule has 3 heteroatoms. The van der Waals surface area contributed by atoms with Crippen LogP contribution < -0.4 is 0 Å². The minimum atomic E-state index is -0.648. The van der Waals surface area contributed by atoms with E-state index in [0.717, 1.165) is 12.0 Å². The molecule has 1 aliphatic carbocycles. The van der Waals surface area contributed by atoms with Crippen molar-refractivity contribution in [2.45, 2.75) is 25.0 Å². The van der Waals surface area contributed by atoms with E-state index in [-0.39, 0.29) is 0 Å². The summed E-state index contributed by atoms with van der Waals surface area (Å²) in [5, 5.41) is 22.7. The fourth-order valence-electron chi connectivity index (χ4n) is 1.46. The Morgan fingerprint density at radius 1 is 1.36 bits per heavy atom. The number of aryl methyl sites for hydroxylation is 1. The monoisotopic (exact) mass is 170 g/mol. The van der Waals surface area contributed by atoms with E-state index in [0.29, 0.717) is 6.42 Å². The molecule has 1 heterocycles. The Hall–Kier alpha value is -0.380. The Morgan fingerprint density at radius 3 is 3.00 bits per heavy atom. The number of thiophene rings is 1. The summed E-state index contributed by atoms with van der Waals surface area (Å²) in [6.07, 6.45) is 0.379. The van der Waals surface area contributed by atoms with Crippen molar-refractivity contribution in [2.75, 3.05) is 0 Å². The number of hydrogen-bond acceptors (Lipinski definition) is 3. The van der Waals surface area contributed by atoms with E-state index in [9.17, 15) is 10.2 Å². The van der Waals surface area contributed by atoms with Crippen LogP contribution in [0.25, 0.3) is 0 Å². The average molecular weight is 170 g/mol. The molecule has 60 valence electrons. The second-order valence-electron chi connectivity index (χ2n) is 2.90. The highest BCUT2D eigenvalue weighted by molar-refractivity contribution is 7.08. The molecular formula is C8H10O2S. The standard InChI is InChI=1S/C8H10O2S/c9-7-2-1-5-3-11-4-6(5)8(7)10/h3-4,7-10H,1-2H2/t7-,8+/m0/s1. The van der Waals surface area contributed by atoms with Gasteiger partial charge in [0.25, 0.3) is 0 Å². The topological polar surface area (TPSA) is 40.5 Å². The molecule has 11 heavy (non-hydrogen) atoms. The van der Waals surface area contributed by atoms with E-state index >= 15 is 0 Å². The van der Waals surface area contributed by atoms with Gasteiger partial charge in [-0.1, -0.05) is 0 Å². The fourth-order valence-corrected chi connectivity index (χ4v) is 2.39. The van der Waals surface area contributed by atoms with Crippen LogP contribution in [0.2, 0.25) is 0 Å². The molecule has 0 unspecified atom stereocenters. The van der Waals surface area contributed by atoms with Crippen LogP contribution in [0.5, 0.6) is 0 Å². The van der Waals surface area contributed by atoms with Gasteiger partial charge in [0.1, 0.15) is 6.10 Å². The van der Waals surface area contributed by atoms with Crippen molar-refractivity contribution in [2.24, 2.45) is 0 Å². The predicted octanol–water partition coefficient (Wildman–Crippen LogP) is 1.09. The zero-order chi connectivity index (χ0) is 7.84. The Bertz CT molecular complexity index is 256. The molecule has 2 N–H and O–H groups in total. The van der Waals surface area contributed by atoms with Crippen LogP contribution in [0.4, 0.5) is 0 Å². The fraction of sp³-hybridized carbons (Fsp3) is 0.500. The van der Waals surface area contributed by atoms with Gasteiger partial charge < -0.3 is 10.2 Å². The van der Waals surface area contributed by atoms with Crippen LogP contribution in [-0.4, -0.2) is 16.3 Å². The molecule has 0 aromatic carbocycles. The van der Waals surface area contributed by atoms with Gasteiger partial charge >= 0.3 is 0 Å². The van der Waals surface area contributed by atoms with E-state index in [1.807, 2.05) is 10.8 Å². The minimum Gasteiger partial charge on any atom is -0.390 e. The van der Waals surface area contributed by atoms with Crippen LogP contribution in [0.3, 0.4) is 0 Å². The first kappa shape index (κ1) is 7.28. The van der Waals surface area contributed by atoms with Gasteiger partial charge in [0, 0.05) is 0 Å². The van der Waals surface area contributed by atoms with E-state index in [4.69, 9.17) is 0 Å². The summed E-state index contributed by atoms with van der Waals surface area (Å²) < 4.78 is 0. The van der Waals surface area contributed by atoms with Gasteiger partial charge in [0.05, 0.1) is 6.10 Å². The van der Waals surface area contributed by atoms with Crippen LogP contribution in [0.1, 0.15) is 23.7 Å². The van der Waals surface area contributed by atoms with Crippen molar-refractivity contribution in [3.63, 3.8) is 0 Å². The average Bonchev–Trinajstić information content (AvgIpc) is 2.45. The molecule has 1 aliphatic rings. The molecule has 2 atom stereocenters. The van der Waals surface area contributed by atoms with Crippen LogP contribution in [0.15, 0.2) is 10.8 Å². The summed E-state index contributed by atoms with van der Waals surface area (Å²) in [7, 11) is 0. The zero-order valence-corrected chi connectivity index (χ0v) is 6.84. The van der Waals surface area contributed by atoms with Crippen molar-refractivity contribution >= 4 is 11.3 Å². The molecule has 0 saturated heterocycles. The summed E-state index contributed by atoms with van der Waals surface area (Å²) in [4.78, 5) is 0. The lowest BCUT2D eigenvalue weighted by Gasteiger charge is -2.23. The van der Waals surface area contributed by atoms with Gasteiger partial charge in [0.15, 0.2) is 0 Å². The Balaban J connectivity index is 2.38. The van der Waals surface area contributed by atoms with Crippen molar-refractivity contribution in [3.05, 3.63) is 21.9 Å². The van der Waals surface area contributed by atoms with E-state index in [2.05, 4.69) is 0 Å². The lowest BCUT2D eigenvalue weighted by Crippen LogP contribution is -2.23. The molecule has 1 aromatic rings. The Morgan fingerprint density at radius 2 is 2.18 bits per heavy atom. The minimum absolute atomic E-state index is 0.558. The third-order valence-corrected chi connectivity index (χ3v) is 2.98. The summed E-state index contributed by atoms with van der Waals surface area (Å²) in [5.41, 5.74) is 2.13. The molecule has 0 radical (unpaired) electrons. The van der Waals surface area contributed by atoms with E-state index < -0.39 is 12.2 Å². The van der Waals surface area contributed by atoms with Crippen molar-refractivity contribution in [3.8, 4) is 0 Å². The molecule has 0 amide bonds. The zero-order valence-electron chi connectivity index (χ0n) is 6.03. The maximum Gasteiger partial charge on any atom is 0.106 e. The quantitative estimate of drug-likeness (QED) is 0.612. The second kappa shape index (κ2) is 2.59. The lowest BCUT2D eigenvalue weighted by atomic mass is 9.91. The molecule has 0 fully saturated rings. The van der Waals surface area contributed by atoms with E-state index in [1.165, 1.54) is 5.56 Å². The Kier molecular flexibility index (Phi) is 1.71. The molecule has 0 saturated carbocycles. The van der Waals surface area contributed by atoms with E-state index in [1.54, 1.807) is 11.3 Å². The predicted molar refractivity (Wildman–Crippen MR) is 43.6 cm³/mol. The van der Waals surface area contributed by atoms with Gasteiger partial charge in [0.2, 0.25) is 0 Å². The highest BCUT2D eigenvalue weighted by Crippen LogP contribution is 2.32. The first-order chi connectivity index (χ1) is 5.29. The molecule has 2 nitrogen and oxygen atoms in total. The first-order valence-electron chi connectivity index (χ1n) is 3.70. The normalized spacial score (nSPS) is 30.0. The Labute approximate surface area is 69.1 Å². The molecule has 0 spiro atoms. The van der Waals surface area contributed by atoms with Crippen molar-refractivity contribution in [1.82, 2.24) is 0 Å².